The molecule has 6 nitrogen and oxygen atoms in total. The average molecular weight is 390 g/mol. The molecule has 0 atom stereocenters. The number of amides is 1. The van der Waals surface area contributed by atoms with Crippen LogP contribution in [-0.2, 0) is 11.2 Å². The molecule has 0 aromatic heterocycles. The fourth-order valence-corrected chi connectivity index (χ4v) is 3.07. The van der Waals surface area contributed by atoms with Gasteiger partial charge in [0.15, 0.2) is 5.78 Å². The third kappa shape index (κ3) is 5.42. The van der Waals surface area contributed by atoms with Crippen LogP contribution in [0.5, 0.6) is 0 Å². The molecule has 0 saturated heterocycles. The first kappa shape index (κ1) is 20.1. The summed E-state index contributed by atoms with van der Waals surface area (Å²) in [6.45, 7) is 0.550. The number of ketones is 1. The molecular formula is C23H22N2O4. The zero-order chi connectivity index (χ0) is 20.6. The molecule has 2 aromatic carbocycles. The lowest BCUT2D eigenvalue weighted by Crippen LogP contribution is -2.32. The van der Waals surface area contributed by atoms with Gasteiger partial charge in [0.05, 0.1) is 18.0 Å². The van der Waals surface area contributed by atoms with Gasteiger partial charge in [0.2, 0.25) is 5.91 Å². The quantitative estimate of drug-likeness (QED) is 0.677. The highest BCUT2D eigenvalue weighted by Gasteiger charge is 2.17. The van der Waals surface area contributed by atoms with E-state index in [2.05, 4.69) is 5.32 Å². The zero-order valence-electron chi connectivity index (χ0n) is 15.8. The van der Waals surface area contributed by atoms with Gasteiger partial charge in [-0.15, -0.1) is 0 Å². The van der Waals surface area contributed by atoms with Crippen molar-refractivity contribution in [2.45, 2.75) is 6.42 Å². The summed E-state index contributed by atoms with van der Waals surface area (Å²) in [5.41, 5.74) is 1.58. The molecule has 0 spiro atoms. The first-order chi connectivity index (χ1) is 14.0. The maximum absolute atomic E-state index is 12.3. The van der Waals surface area contributed by atoms with Gasteiger partial charge in [-0.25, -0.2) is 4.79 Å². The van der Waals surface area contributed by atoms with Gasteiger partial charge in [-0.2, -0.15) is 0 Å². The molecule has 1 amide bonds. The van der Waals surface area contributed by atoms with E-state index >= 15 is 0 Å². The minimum atomic E-state index is -0.977. The molecule has 0 saturated carbocycles. The van der Waals surface area contributed by atoms with E-state index in [1.165, 1.54) is 0 Å². The highest BCUT2D eigenvalue weighted by molar-refractivity contribution is 5.97. The summed E-state index contributed by atoms with van der Waals surface area (Å²) in [7, 11) is 0. The summed E-state index contributed by atoms with van der Waals surface area (Å²) in [6.07, 6.45) is 7.36. The molecule has 148 valence electrons. The van der Waals surface area contributed by atoms with Crippen molar-refractivity contribution in [1.82, 2.24) is 10.2 Å². The van der Waals surface area contributed by atoms with Crippen molar-refractivity contribution in [2.24, 2.45) is 5.92 Å². The monoisotopic (exact) mass is 390 g/mol. The Kier molecular flexibility index (Phi) is 6.58. The average Bonchev–Trinajstić information content (AvgIpc) is 2.75. The van der Waals surface area contributed by atoms with Crippen LogP contribution in [0.15, 0.2) is 79.1 Å². The van der Waals surface area contributed by atoms with E-state index in [-0.39, 0.29) is 23.8 Å². The molecule has 0 fully saturated rings. The van der Waals surface area contributed by atoms with Crippen LogP contribution in [0.4, 0.5) is 0 Å². The Bertz CT molecular complexity index is 936. The van der Waals surface area contributed by atoms with E-state index in [1.807, 2.05) is 18.2 Å². The first-order valence-corrected chi connectivity index (χ1v) is 9.34. The van der Waals surface area contributed by atoms with Crippen molar-refractivity contribution in [3.63, 3.8) is 0 Å². The SMILES string of the molecule is O=C(CN1C=CC(C(=O)NCCc2ccccc2C(=O)O)C=C1)c1ccccc1. The molecule has 6 heteroatoms. The fourth-order valence-electron chi connectivity index (χ4n) is 3.07. The number of hydrogen-bond acceptors (Lipinski definition) is 4. The molecular weight excluding hydrogens is 368 g/mol. The van der Waals surface area contributed by atoms with Crippen LogP contribution in [0.2, 0.25) is 0 Å². The minimum absolute atomic E-state index is 0.0000951. The van der Waals surface area contributed by atoms with Gasteiger partial charge in [-0.3, -0.25) is 9.59 Å². The summed E-state index contributed by atoms with van der Waals surface area (Å²) in [6, 6.07) is 15.8. The van der Waals surface area contributed by atoms with Gasteiger partial charge in [0, 0.05) is 24.5 Å². The van der Waals surface area contributed by atoms with Crippen molar-refractivity contribution in [3.8, 4) is 0 Å². The molecule has 29 heavy (non-hydrogen) atoms. The predicted octanol–water partition coefficient (Wildman–Crippen LogP) is 2.89. The number of hydrogen-bond donors (Lipinski definition) is 2. The zero-order valence-corrected chi connectivity index (χ0v) is 15.8. The highest BCUT2D eigenvalue weighted by atomic mass is 16.4. The maximum atomic E-state index is 12.3. The van der Waals surface area contributed by atoms with Gasteiger partial charge in [-0.1, -0.05) is 60.7 Å². The molecule has 2 N–H and O–H groups in total. The summed E-state index contributed by atoms with van der Waals surface area (Å²) >= 11 is 0. The van der Waals surface area contributed by atoms with Crippen LogP contribution in [0, 0.1) is 5.92 Å². The van der Waals surface area contributed by atoms with Crippen LogP contribution < -0.4 is 5.32 Å². The number of rotatable bonds is 8. The van der Waals surface area contributed by atoms with Gasteiger partial charge < -0.3 is 15.3 Å². The molecule has 0 bridgehead atoms. The lowest BCUT2D eigenvalue weighted by atomic mass is 10.0. The van der Waals surface area contributed by atoms with Crippen molar-refractivity contribution in [2.75, 3.05) is 13.1 Å². The van der Waals surface area contributed by atoms with Gasteiger partial charge in [0.25, 0.3) is 0 Å². The second-order valence-corrected chi connectivity index (χ2v) is 6.67. The van der Waals surface area contributed by atoms with E-state index in [9.17, 15) is 19.5 Å². The summed E-state index contributed by atoms with van der Waals surface area (Å²) in [4.78, 5) is 37.6. The number of Topliss-reactive ketones (excluding diaryl/α,β-unsaturated/α-hetero) is 1. The van der Waals surface area contributed by atoms with Crippen molar-refractivity contribution < 1.29 is 19.5 Å². The van der Waals surface area contributed by atoms with Crippen molar-refractivity contribution in [3.05, 3.63) is 95.8 Å². The maximum Gasteiger partial charge on any atom is 0.335 e. The number of carboxylic acid groups (broad SMARTS) is 1. The summed E-state index contributed by atoms with van der Waals surface area (Å²) in [5.74, 6) is -1.57. The van der Waals surface area contributed by atoms with Gasteiger partial charge >= 0.3 is 5.97 Å². The number of aromatic carboxylic acids is 1. The van der Waals surface area contributed by atoms with Crippen LogP contribution in [-0.4, -0.2) is 40.8 Å². The molecule has 1 aliphatic heterocycles. The number of benzene rings is 2. The molecule has 1 aliphatic rings. The Morgan fingerprint density at radius 2 is 1.59 bits per heavy atom. The summed E-state index contributed by atoms with van der Waals surface area (Å²) < 4.78 is 0. The Morgan fingerprint density at radius 3 is 2.28 bits per heavy atom. The van der Waals surface area contributed by atoms with Crippen LogP contribution in [0.1, 0.15) is 26.3 Å². The Hall–Kier alpha value is -3.67. The van der Waals surface area contributed by atoms with E-state index in [4.69, 9.17) is 0 Å². The van der Waals surface area contributed by atoms with Gasteiger partial charge in [0.1, 0.15) is 0 Å². The molecule has 0 radical (unpaired) electrons. The molecule has 1 heterocycles. The number of carbonyl (C=O) groups excluding carboxylic acids is 2. The number of nitrogens with one attached hydrogen (secondary N) is 1. The van der Waals surface area contributed by atoms with Crippen molar-refractivity contribution >= 4 is 17.7 Å². The Labute approximate surface area is 169 Å². The number of carbonyl (C=O) groups is 3. The van der Waals surface area contributed by atoms with Gasteiger partial charge in [-0.05, 0) is 18.1 Å². The largest absolute Gasteiger partial charge is 0.478 e. The smallest absolute Gasteiger partial charge is 0.335 e. The minimum Gasteiger partial charge on any atom is -0.478 e. The first-order valence-electron chi connectivity index (χ1n) is 9.34. The topological polar surface area (TPSA) is 86.7 Å². The fraction of sp³-hybridized carbons (Fsp3) is 0.174. The number of carboxylic acids is 1. The van der Waals surface area contributed by atoms with E-state index in [0.717, 1.165) is 0 Å². The predicted molar refractivity (Wildman–Crippen MR) is 109 cm³/mol. The third-order valence-electron chi connectivity index (χ3n) is 4.64. The molecule has 3 rings (SSSR count). The van der Waals surface area contributed by atoms with Crippen LogP contribution in [0.3, 0.4) is 0 Å². The molecule has 2 aromatic rings. The number of nitrogens with zero attached hydrogens (tertiary/aromatic N) is 1. The highest BCUT2D eigenvalue weighted by Crippen LogP contribution is 2.13. The lowest BCUT2D eigenvalue weighted by Gasteiger charge is -2.21. The van der Waals surface area contributed by atoms with E-state index in [1.54, 1.807) is 65.9 Å². The second kappa shape index (κ2) is 9.50. The third-order valence-corrected chi connectivity index (χ3v) is 4.64. The Morgan fingerprint density at radius 1 is 0.931 bits per heavy atom. The van der Waals surface area contributed by atoms with Crippen LogP contribution in [0.25, 0.3) is 0 Å². The normalized spacial score (nSPS) is 13.3. The van der Waals surface area contributed by atoms with E-state index in [0.29, 0.717) is 24.1 Å². The summed E-state index contributed by atoms with van der Waals surface area (Å²) in [5, 5.41) is 12.0. The van der Waals surface area contributed by atoms with Crippen LogP contribution >= 0.6 is 0 Å². The van der Waals surface area contributed by atoms with E-state index < -0.39 is 11.9 Å². The van der Waals surface area contributed by atoms with Crippen molar-refractivity contribution in [1.29, 1.82) is 0 Å². The second-order valence-electron chi connectivity index (χ2n) is 6.67. The molecule has 0 unspecified atom stereocenters. The Balaban J connectivity index is 1.47. The lowest BCUT2D eigenvalue weighted by molar-refractivity contribution is -0.122. The molecule has 0 aliphatic carbocycles. The standard InChI is InChI=1S/C23H22N2O4/c26-21(18-7-2-1-3-8-18)16-25-14-11-19(12-15-25)22(27)24-13-10-17-6-4-5-9-20(17)23(28)29/h1-9,11-12,14-15,19H,10,13,16H2,(H,24,27)(H,28,29).